The van der Waals surface area contributed by atoms with E-state index in [1.807, 2.05) is 11.8 Å². The van der Waals surface area contributed by atoms with Gasteiger partial charge in [0.25, 0.3) is 0 Å². The number of aromatic nitrogens is 2. The molecule has 0 amide bonds. The van der Waals surface area contributed by atoms with E-state index in [1.165, 1.54) is 12.4 Å². The van der Waals surface area contributed by atoms with Crippen molar-refractivity contribution in [3.05, 3.63) is 18.2 Å². The maximum absolute atomic E-state index is 12.6. The van der Waals surface area contributed by atoms with Crippen LogP contribution in [-0.2, 0) is 0 Å². The number of anilines is 1. The summed E-state index contributed by atoms with van der Waals surface area (Å²) >= 11 is 0. The van der Waals surface area contributed by atoms with Crippen LogP contribution in [0.4, 0.5) is 10.3 Å². The molecule has 0 spiro atoms. The lowest BCUT2D eigenvalue weighted by molar-refractivity contribution is 0.564. The monoisotopic (exact) mass is 212 g/mol. The van der Waals surface area contributed by atoms with Crippen LogP contribution in [0.25, 0.3) is 0 Å². The minimum absolute atomic E-state index is 0.374. The first-order valence-corrected chi connectivity index (χ1v) is 5.10. The number of nitrogens with two attached hydrogens (primary N) is 1. The molecule has 0 radical (unpaired) electrons. The van der Waals surface area contributed by atoms with Crippen LogP contribution in [-0.4, -0.2) is 29.6 Å². The van der Waals surface area contributed by atoms with Crippen molar-refractivity contribution in [2.24, 2.45) is 11.7 Å². The third-order valence-electron chi connectivity index (χ3n) is 2.21. The van der Waals surface area contributed by atoms with Gasteiger partial charge in [-0.15, -0.1) is 0 Å². The minimum Gasteiger partial charge on any atom is -0.341 e. The second-order valence-corrected chi connectivity index (χ2v) is 3.58. The topological polar surface area (TPSA) is 55.0 Å². The van der Waals surface area contributed by atoms with Crippen molar-refractivity contribution in [3.63, 3.8) is 0 Å². The van der Waals surface area contributed by atoms with E-state index >= 15 is 0 Å². The molecule has 1 atom stereocenters. The van der Waals surface area contributed by atoms with Gasteiger partial charge in [0.05, 0.1) is 12.4 Å². The van der Waals surface area contributed by atoms with Crippen molar-refractivity contribution in [2.45, 2.75) is 13.8 Å². The lowest BCUT2D eigenvalue weighted by Crippen LogP contribution is -2.32. The molecule has 1 heterocycles. The average molecular weight is 212 g/mol. The molecule has 0 fully saturated rings. The van der Waals surface area contributed by atoms with Crippen molar-refractivity contribution >= 4 is 5.95 Å². The van der Waals surface area contributed by atoms with Crippen LogP contribution in [0.2, 0.25) is 0 Å². The van der Waals surface area contributed by atoms with E-state index in [2.05, 4.69) is 16.9 Å². The Morgan fingerprint density at radius 1 is 1.47 bits per heavy atom. The summed E-state index contributed by atoms with van der Waals surface area (Å²) in [6.07, 6.45) is 2.36. The van der Waals surface area contributed by atoms with Gasteiger partial charge in [-0.2, -0.15) is 0 Å². The highest BCUT2D eigenvalue weighted by atomic mass is 19.1. The first-order chi connectivity index (χ1) is 7.17. The lowest BCUT2D eigenvalue weighted by atomic mass is 10.2. The van der Waals surface area contributed by atoms with Crippen LogP contribution in [0.5, 0.6) is 0 Å². The highest BCUT2D eigenvalue weighted by molar-refractivity contribution is 5.28. The first kappa shape index (κ1) is 11.8. The molecule has 84 valence electrons. The molecule has 5 heteroatoms. The Hall–Kier alpha value is -1.23. The molecule has 1 aromatic heterocycles. The summed E-state index contributed by atoms with van der Waals surface area (Å²) < 4.78 is 12.6. The van der Waals surface area contributed by atoms with Gasteiger partial charge in [0.2, 0.25) is 5.95 Å². The third kappa shape index (κ3) is 3.43. The van der Waals surface area contributed by atoms with Gasteiger partial charge in [-0.3, -0.25) is 0 Å². The fraction of sp³-hybridized carbons (Fsp3) is 0.600. The first-order valence-electron chi connectivity index (χ1n) is 5.10. The Balaban J connectivity index is 2.69. The van der Waals surface area contributed by atoms with Gasteiger partial charge in [-0.05, 0) is 19.4 Å². The predicted molar refractivity (Wildman–Crippen MR) is 58.1 cm³/mol. The minimum atomic E-state index is -0.415. The number of rotatable bonds is 5. The Bertz CT molecular complexity index is 288. The highest BCUT2D eigenvalue weighted by Crippen LogP contribution is 2.08. The summed E-state index contributed by atoms with van der Waals surface area (Å²) in [5.41, 5.74) is 5.55. The van der Waals surface area contributed by atoms with Crippen molar-refractivity contribution in [2.75, 3.05) is 24.5 Å². The van der Waals surface area contributed by atoms with Crippen LogP contribution >= 0.6 is 0 Å². The number of nitrogens with zero attached hydrogens (tertiary/aromatic N) is 3. The molecule has 0 bridgehead atoms. The molecule has 0 aliphatic heterocycles. The molecule has 1 rings (SSSR count). The maximum Gasteiger partial charge on any atom is 0.225 e. The van der Waals surface area contributed by atoms with Crippen LogP contribution in [0.3, 0.4) is 0 Å². The quantitative estimate of drug-likeness (QED) is 0.792. The summed E-state index contributed by atoms with van der Waals surface area (Å²) in [6.45, 7) is 6.27. The number of hydrogen-bond acceptors (Lipinski definition) is 4. The Labute approximate surface area is 89.3 Å². The van der Waals surface area contributed by atoms with Gasteiger partial charge in [0.1, 0.15) is 0 Å². The van der Waals surface area contributed by atoms with E-state index in [0.717, 1.165) is 13.1 Å². The Morgan fingerprint density at radius 2 is 2.07 bits per heavy atom. The summed E-state index contributed by atoms with van der Waals surface area (Å²) in [6, 6.07) is 0. The molecule has 0 aromatic carbocycles. The van der Waals surface area contributed by atoms with E-state index < -0.39 is 5.82 Å². The fourth-order valence-electron chi connectivity index (χ4n) is 1.27. The average Bonchev–Trinajstić information content (AvgIpc) is 2.27. The largest absolute Gasteiger partial charge is 0.341 e. The lowest BCUT2D eigenvalue weighted by Gasteiger charge is -2.23. The summed E-state index contributed by atoms with van der Waals surface area (Å²) in [5.74, 6) is 0.513. The van der Waals surface area contributed by atoms with Crippen molar-refractivity contribution in [1.82, 2.24) is 9.97 Å². The molecular weight excluding hydrogens is 195 g/mol. The van der Waals surface area contributed by atoms with Crippen molar-refractivity contribution in [3.8, 4) is 0 Å². The highest BCUT2D eigenvalue weighted by Gasteiger charge is 2.10. The smallest absolute Gasteiger partial charge is 0.225 e. The summed E-state index contributed by atoms with van der Waals surface area (Å²) in [7, 11) is 0. The van der Waals surface area contributed by atoms with E-state index in [1.54, 1.807) is 0 Å². The normalized spacial score (nSPS) is 12.5. The summed E-state index contributed by atoms with van der Waals surface area (Å²) in [4.78, 5) is 9.85. The second kappa shape index (κ2) is 5.60. The molecule has 0 saturated heterocycles. The molecule has 2 N–H and O–H groups in total. The van der Waals surface area contributed by atoms with E-state index in [9.17, 15) is 4.39 Å². The van der Waals surface area contributed by atoms with E-state index in [0.29, 0.717) is 18.4 Å². The fourth-order valence-corrected chi connectivity index (χ4v) is 1.27. The predicted octanol–water partition coefficient (Wildman–Crippen LogP) is 1.04. The molecule has 0 aliphatic carbocycles. The van der Waals surface area contributed by atoms with Gasteiger partial charge in [0, 0.05) is 13.1 Å². The third-order valence-corrected chi connectivity index (χ3v) is 2.21. The van der Waals surface area contributed by atoms with Crippen LogP contribution in [0.15, 0.2) is 12.4 Å². The zero-order valence-corrected chi connectivity index (χ0v) is 9.15. The van der Waals surface area contributed by atoms with Crippen LogP contribution < -0.4 is 10.6 Å². The number of hydrogen-bond donors (Lipinski definition) is 1. The molecule has 0 saturated carbocycles. The van der Waals surface area contributed by atoms with Crippen LogP contribution in [0, 0.1) is 11.7 Å². The van der Waals surface area contributed by atoms with Gasteiger partial charge in [0.15, 0.2) is 5.82 Å². The van der Waals surface area contributed by atoms with Gasteiger partial charge < -0.3 is 10.6 Å². The zero-order chi connectivity index (χ0) is 11.3. The maximum atomic E-state index is 12.6. The molecular formula is C10H17FN4. The zero-order valence-electron chi connectivity index (χ0n) is 9.15. The van der Waals surface area contributed by atoms with Crippen LogP contribution in [0.1, 0.15) is 13.8 Å². The van der Waals surface area contributed by atoms with E-state index in [4.69, 9.17) is 5.73 Å². The van der Waals surface area contributed by atoms with Crippen molar-refractivity contribution < 1.29 is 4.39 Å². The van der Waals surface area contributed by atoms with Gasteiger partial charge in [-0.25, -0.2) is 14.4 Å². The standard InChI is InChI=1S/C10H17FN4/c1-3-15(7-8(2)4-12)10-13-5-9(11)6-14-10/h5-6,8H,3-4,7,12H2,1-2H3. The SMILES string of the molecule is CCN(CC(C)CN)c1ncc(F)cn1. The van der Waals surface area contributed by atoms with E-state index in [-0.39, 0.29) is 0 Å². The van der Waals surface area contributed by atoms with Crippen molar-refractivity contribution in [1.29, 1.82) is 0 Å². The molecule has 1 unspecified atom stereocenters. The molecule has 1 aromatic rings. The Kier molecular flexibility index (Phi) is 4.42. The molecule has 4 nitrogen and oxygen atoms in total. The van der Waals surface area contributed by atoms with Gasteiger partial charge >= 0.3 is 0 Å². The molecule has 0 aliphatic rings. The summed E-state index contributed by atoms with van der Waals surface area (Å²) in [5, 5.41) is 0. The second-order valence-electron chi connectivity index (χ2n) is 3.58. The number of halogens is 1. The Morgan fingerprint density at radius 3 is 2.53 bits per heavy atom. The van der Waals surface area contributed by atoms with Gasteiger partial charge in [-0.1, -0.05) is 6.92 Å². The molecule has 15 heavy (non-hydrogen) atoms.